The van der Waals surface area contributed by atoms with Crippen molar-refractivity contribution in [3.63, 3.8) is 0 Å². The molecule has 0 atom stereocenters. The lowest BCUT2D eigenvalue weighted by Crippen LogP contribution is -2.50. The number of unbranched alkanes of at least 4 members (excludes halogenated alkanes) is 4. The second-order valence-electron chi connectivity index (χ2n) is 7.63. The molecule has 0 aliphatic heterocycles. The summed E-state index contributed by atoms with van der Waals surface area (Å²) in [7, 11) is 0. The number of rotatable bonds is 14. The normalized spacial score (nSPS) is 11.2. The maximum Gasteiger partial charge on any atom is 0.341 e. The van der Waals surface area contributed by atoms with E-state index in [1.165, 1.54) is 106 Å². The highest BCUT2D eigenvalue weighted by atomic mass is 127. The lowest BCUT2D eigenvalue weighted by molar-refractivity contribution is -0.929. The van der Waals surface area contributed by atoms with Crippen LogP contribution in [0.25, 0.3) is 0 Å². The summed E-state index contributed by atoms with van der Waals surface area (Å²) in [5.74, 6) is -1.46. The first-order valence-corrected chi connectivity index (χ1v) is 13.9. The van der Waals surface area contributed by atoms with Crippen molar-refractivity contribution in [1.29, 1.82) is 0 Å². The van der Waals surface area contributed by atoms with Crippen molar-refractivity contribution in [3.8, 4) is 0 Å². The molecular formula is C23H40INO4. The average Bonchev–Trinajstić information content (AvgIpc) is 2.73. The number of hydrogen-bond donors (Lipinski definition) is 0. The zero-order chi connectivity index (χ0) is 22.1. The lowest BCUT2D eigenvalue weighted by Gasteiger charge is -2.39. The Morgan fingerprint density at radius 2 is 1.17 bits per heavy atom. The maximum atomic E-state index is 10.6. The Morgan fingerprint density at radius 3 is 1.45 bits per heavy atom. The number of hydrogen-bond acceptors (Lipinski definition) is 4. The van der Waals surface area contributed by atoms with E-state index in [1.807, 2.05) is 0 Å². The quantitative estimate of drug-likeness (QED) is 0.242. The highest BCUT2D eigenvalue weighted by molar-refractivity contribution is 14.2. The molecule has 6 heteroatoms. The van der Waals surface area contributed by atoms with Gasteiger partial charge in [-0.3, -0.25) is 0 Å². The minimum Gasteiger partial charge on any atom is -0.545 e. The molecule has 1 aromatic rings. The number of carbonyl (C=O) groups excluding carboxylic acids is 1. The van der Waals surface area contributed by atoms with Crippen molar-refractivity contribution in [2.75, 3.05) is 26.2 Å². The van der Waals surface area contributed by atoms with E-state index in [0.29, 0.717) is 0 Å². The van der Waals surface area contributed by atoms with Gasteiger partial charge in [-0.15, -0.1) is 0 Å². The Labute approximate surface area is 184 Å². The topological polar surface area (TPSA) is 74.3 Å². The highest BCUT2D eigenvalue weighted by Gasteiger charge is 2.24. The molecule has 0 saturated heterocycles. The summed E-state index contributed by atoms with van der Waals surface area (Å²) in [6.07, 6.45) is 11.1. The molecule has 5 nitrogen and oxygen atoms in total. The summed E-state index contributed by atoms with van der Waals surface area (Å²) in [5, 5.41) is 10.4. The van der Waals surface area contributed by atoms with Crippen molar-refractivity contribution >= 4 is 25.8 Å². The molecule has 0 aliphatic rings. The Morgan fingerprint density at radius 1 is 0.793 bits per heavy atom. The molecule has 0 aromatic heterocycles. The predicted octanol–water partition coefficient (Wildman–Crippen LogP) is 5.42. The van der Waals surface area contributed by atoms with E-state index in [1.54, 1.807) is 0 Å². The van der Waals surface area contributed by atoms with Gasteiger partial charge in [0.25, 0.3) is 0 Å². The molecule has 0 N–H and O–H groups in total. The van der Waals surface area contributed by atoms with Crippen molar-refractivity contribution < 1.29 is 20.5 Å². The van der Waals surface area contributed by atoms with Crippen LogP contribution < -0.4 is 5.11 Å². The summed E-state index contributed by atoms with van der Waals surface area (Å²) >= 11 is -3.71. The number of carbonyl (C=O) groups is 1. The van der Waals surface area contributed by atoms with Gasteiger partial charge in [0.2, 0.25) is 0 Å². The second kappa shape index (κ2) is 16.7. The molecule has 0 heterocycles. The lowest BCUT2D eigenvalue weighted by atomic mass is 10.1. The van der Waals surface area contributed by atoms with Crippen molar-refractivity contribution in [2.24, 2.45) is 0 Å². The molecule has 1 aromatic carbocycles. The SMILES string of the molecule is CCCC[N+](CCCC)(CCCC)CCCC.O=C([O-])c1ccccc1I(=O)=O. The number of quaternary nitrogens is 1. The third-order valence-corrected chi connectivity index (χ3v) is 7.09. The number of halogens is 1. The van der Waals surface area contributed by atoms with Crippen LogP contribution >= 0.6 is 19.8 Å². The third kappa shape index (κ3) is 11.7. The second-order valence-corrected chi connectivity index (χ2v) is 10.0. The van der Waals surface area contributed by atoms with Crippen LogP contribution in [0, 0.1) is 3.57 Å². The van der Waals surface area contributed by atoms with Gasteiger partial charge < -0.3 is 14.4 Å². The molecular weight excluding hydrogens is 481 g/mol. The molecule has 0 unspecified atom stereocenters. The molecule has 29 heavy (non-hydrogen) atoms. The van der Waals surface area contributed by atoms with Crippen LogP contribution in [-0.4, -0.2) is 36.6 Å². The monoisotopic (exact) mass is 521 g/mol. The molecule has 0 bridgehead atoms. The molecule has 168 valence electrons. The van der Waals surface area contributed by atoms with Gasteiger partial charge in [0.1, 0.15) is 0 Å². The molecule has 0 spiro atoms. The van der Waals surface area contributed by atoms with Gasteiger partial charge in [-0.25, -0.2) is 6.14 Å². The zero-order valence-corrected chi connectivity index (χ0v) is 20.9. The van der Waals surface area contributed by atoms with Gasteiger partial charge >= 0.3 is 19.8 Å². The predicted molar refractivity (Wildman–Crippen MR) is 124 cm³/mol. The Kier molecular flexibility index (Phi) is 16.2. The van der Waals surface area contributed by atoms with Crippen molar-refractivity contribution in [2.45, 2.75) is 79.1 Å². The first kappa shape index (κ1) is 28.0. The van der Waals surface area contributed by atoms with Crippen LogP contribution in [0.5, 0.6) is 0 Å². The molecule has 0 amide bonds. The van der Waals surface area contributed by atoms with E-state index in [2.05, 4.69) is 27.7 Å². The first-order valence-electron chi connectivity index (χ1n) is 11.1. The Balaban J connectivity index is 0.000000571. The van der Waals surface area contributed by atoms with E-state index in [9.17, 15) is 16.0 Å². The number of benzene rings is 1. The number of carboxylic acids is 1. The number of nitrogens with zero attached hydrogens (tertiary/aromatic N) is 1. The fraction of sp³-hybridized carbons (Fsp3) is 0.696. The molecule has 0 saturated carbocycles. The number of carboxylic acid groups (broad SMARTS) is 1. The van der Waals surface area contributed by atoms with Crippen LogP contribution in [-0.2, 0) is 6.14 Å². The first-order chi connectivity index (χ1) is 13.9. The highest BCUT2D eigenvalue weighted by Crippen LogP contribution is 2.20. The van der Waals surface area contributed by atoms with E-state index >= 15 is 0 Å². The summed E-state index contributed by atoms with van der Waals surface area (Å²) in [6.45, 7) is 15.0. The average molecular weight is 521 g/mol. The summed E-state index contributed by atoms with van der Waals surface area (Å²) < 4.78 is 22.4. The smallest absolute Gasteiger partial charge is 0.341 e. The maximum absolute atomic E-state index is 10.6. The zero-order valence-electron chi connectivity index (χ0n) is 18.8. The largest absolute Gasteiger partial charge is 0.545 e. The third-order valence-electron chi connectivity index (χ3n) is 5.20. The molecule has 1 rings (SSSR count). The van der Waals surface area contributed by atoms with Gasteiger partial charge in [-0.1, -0.05) is 71.6 Å². The molecule has 0 radical (unpaired) electrons. The van der Waals surface area contributed by atoms with Gasteiger partial charge in [0.15, 0.2) is 0 Å². The van der Waals surface area contributed by atoms with Crippen molar-refractivity contribution in [3.05, 3.63) is 33.4 Å². The standard InChI is InChI=1S/C16H36N.C7H5IO4/c1-5-9-13-17(14-10-6-2,15-11-7-3)16-12-8-4;9-7(10)5-3-1-2-4-6(5)8(11)12/h5-16H2,1-4H3;1-4H,(H,9,10)/q+1;/p-1. The molecule has 0 aliphatic carbocycles. The van der Waals surface area contributed by atoms with E-state index in [4.69, 9.17) is 0 Å². The Bertz CT molecular complexity index is 598. The van der Waals surface area contributed by atoms with Crippen LogP contribution in [0.2, 0.25) is 0 Å². The minimum atomic E-state index is -3.71. The summed E-state index contributed by atoms with van der Waals surface area (Å²) in [4.78, 5) is 10.4. The summed E-state index contributed by atoms with van der Waals surface area (Å²) in [6, 6.07) is 5.40. The van der Waals surface area contributed by atoms with Gasteiger partial charge in [0.05, 0.1) is 35.7 Å². The van der Waals surface area contributed by atoms with E-state index < -0.39 is 25.8 Å². The Hall–Kier alpha value is -1.02. The molecule has 0 fully saturated rings. The van der Waals surface area contributed by atoms with E-state index in [0.717, 1.165) is 0 Å². The van der Waals surface area contributed by atoms with Crippen LogP contribution in [0.3, 0.4) is 0 Å². The van der Waals surface area contributed by atoms with Crippen LogP contribution in [0.1, 0.15) is 89.4 Å². The fourth-order valence-corrected chi connectivity index (χ4v) is 4.78. The van der Waals surface area contributed by atoms with E-state index in [-0.39, 0.29) is 9.13 Å². The van der Waals surface area contributed by atoms with Gasteiger partial charge in [-0.05, 0) is 31.7 Å². The summed E-state index contributed by atoms with van der Waals surface area (Å²) in [5.41, 5.74) is -0.257. The number of aromatic carboxylic acids is 1. The van der Waals surface area contributed by atoms with Gasteiger partial charge in [-0.2, -0.15) is 0 Å². The van der Waals surface area contributed by atoms with Gasteiger partial charge in [0, 0.05) is 5.56 Å². The van der Waals surface area contributed by atoms with Crippen LogP contribution in [0.15, 0.2) is 24.3 Å². The van der Waals surface area contributed by atoms with Crippen LogP contribution in [0.4, 0.5) is 0 Å². The minimum absolute atomic E-state index is 0.123. The fourth-order valence-electron chi connectivity index (χ4n) is 3.41. The van der Waals surface area contributed by atoms with Crippen molar-refractivity contribution in [1.82, 2.24) is 0 Å².